The molecule has 4 rings (SSSR count). The van der Waals surface area contributed by atoms with E-state index in [1.807, 2.05) is 50.5 Å². The summed E-state index contributed by atoms with van der Waals surface area (Å²) < 4.78 is 0. The molecule has 0 unspecified atom stereocenters. The van der Waals surface area contributed by atoms with Crippen molar-refractivity contribution in [3.63, 3.8) is 0 Å². The molecule has 0 aliphatic carbocycles. The molecular formula is C26H26CuN4O10. The normalized spacial score (nSPS) is 8.44. The van der Waals surface area contributed by atoms with Crippen LogP contribution >= 0.6 is 0 Å². The maximum absolute atomic E-state index is 10.3. The van der Waals surface area contributed by atoms with Crippen LogP contribution in [0, 0.1) is 34.1 Å². The Morgan fingerprint density at radius 3 is 1.10 bits per heavy atom. The smallest absolute Gasteiger partial charge is 0.545 e. The number of aromatic nitrogens is 2. The first-order valence-corrected chi connectivity index (χ1v) is 10.7. The number of carbonyl (C=O) groups excluding carboxylic acids is 2. The van der Waals surface area contributed by atoms with Crippen molar-refractivity contribution >= 4 is 23.3 Å². The van der Waals surface area contributed by atoms with E-state index in [4.69, 9.17) is 0 Å². The summed E-state index contributed by atoms with van der Waals surface area (Å²) in [6.45, 7) is 4.04. The van der Waals surface area contributed by atoms with Crippen LogP contribution in [0.1, 0.15) is 31.8 Å². The van der Waals surface area contributed by atoms with Gasteiger partial charge in [-0.1, -0.05) is 36.4 Å². The standard InChI is InChI=1S/2C7H5NO4.2C6H7N.Cu.2H2O/c2*9-7(10)5-3-1-2-4-6(5)8(11)12;2*1-6-3-2-4-7-5-6;;;/h2*1-4H,(H,9,10);2*2-5H,1H3;;2*1H2/q;;;;+2;;/p-2. The molecule has 4 N–H and O–H groups in total. The van der Waals surface area contributed by atoms with E-state index in [9.17, 15) is 40.0 Å². The number of benzene rings is 2. The quantitative estimate of drug-likeness (QED) is 0.178. The average molecular weight is 618 g/mol. The topological polar surface area (TPSA) is 255 Å². The maximum Gasteiger partial charge on any atom is 2.00 e. The second kappa shape index (κ2) is 21.8. The van der Waals surface area contributed by atoms with Gasteiger partial charge in [0.2, 0.25) is 0 Å². The number of carboxylic acid groups (broad SMARTS) is 2. The Bertz CT molecular complexity index is 1190. The summed E-state index contributed by atoms with van der Waals surface area (Å²) in [6.07, 6.45) is 7.21. The van der Waals surface area contributed by atoms with Crippen molar-refractivity contribution in [2.75, 3.05) is 0 Å². The molecule has 0 aliphatic heterocycles. The van der Waals surface area contributed by atoms with Crippen molar-refractivity contribution in [2.24, 2.45) is 0 Å². The van der Waals surface area contributed by atoms with Crippen LogP contribution in [0.15, 0.2) is 97.6 Å². The predicted octanol–water partition coefficient (Wildman–Crippen LogP) is 1.04. The van der Waals surface area contributed by atoms with Gasteiger partial charge in [-0.2, -0.15) is 0 Å². The second-order valence-electron chi connectivity index (χ2n) is 7.18. The fourth-order valence-corrected chi connectivity index (χ4v) is 2.51. The van der Waals surface area contributed by atoms with Gasteiger partial charge in [0.05, 0.1) is 32.9 Å². The van der Waals surface area contributed by atoms with E-state index in [1.54, 1.807) is 12.4 Å². The second-order valence-corrected chi connectivity index (χ2v) is 7.18. The molecule has 2 heterocycles. The predicted molar refractivity (Wildman–Crippen MR) is 140 cm³/mol. The van der Waals surface area contributed by atoms with Crippen LogP contribution in [0.25, 0.3) is 0 Å². The summed E-state index contributed by atoms with van der Waals surface area (Å²) in [6, 6.07) is 18.0. The van der Waals surface area contributed by atoms with E-state index in [0.29, 0.717) is 0 Å². The van der Waals surface area contributed by atoms with Crippen molar-refractivity contribution in [3.8, 4) is 0 Å². The summed E-state index contributed by atoms with van der Waals surface area (Å²) in [5, 5.41) is 41.1. The zero-order valence-electron chi connectivity index (χ0n) is 21.6. The largest absolute Gasteiger partial charge is 2.00 e. The van der Waals surface area contributed by atoms with Gasteiger partial charge in [0.15, 0.2) is 0 Å². The van der Waals surface area contributed by atoms with Gasteiger partial charge in [0.25, 0.3) is 11.4 Å². The van der Waals surface area contributed by atoms with Crippen molar-refractivity contribution in [1.29, 1.82) is 0 Å². The Morgan fingerprint density at radius 1 is 0.610 bits per heavy atom. The zero-order chi connectivity index (χ0) is 28.5. The van der Waals surface area contributed by atoms with E-state index in [-0.39, 0.29) is 28.0 Å². The molecule has 14 nitrogen and oxygen atoms in total. The fourth-order valence-electron chi connectivity index (χ4n) is 2.51. The SMILES string of the molecule is Cc1cccnc1.Cc1cccnc1.O.O.O=C([O-])c1ccccc1[N+](=O)[O-].O=C([O-])c1ccccc1[N+](=O)[O-].[Cu+2]. The Balaban J connectivity index is -0.000000471. The summed E-state index contributed by atoms with van der Waals surface area (Å²) >= 11 is 0. The minimum absolute atomic E-state index is 0. The molecule has 221 valence electrons. The third-order valence-electron chi connectivity index (χ3n) is 4.26. The summed E-state index contributed by atoms with van der Waals surface area (Å²) in [7, 11) is 0. The minimum atomic E-state index is -1.54. The Kier molecular flexibility index (Phi) is 21.5. The number of carbonyl (C=O) groups is 2. The molecule has 0 spiro atoms. The first-order valence-electron chi connectivity index (χ1n) is 10.7. The molecule has 2 aromatic carbocycles. The van der Waals surface area contributed by atoms with Crippen molar-refractivity contribution in [3.05, 3.63) is 140 Å². The number of para-hydroxylation sites is 2. The number of aryl methyl sites for hydroxylation is 2. The Morgan fingerprint density at radius 2 is 0.927 bits per heavy atom. The van der Waals surface area contributed by atoms with Crippen molar-refractivity contribution < 1.29 is 57.7 Å². The number of aromatic carboxylic acids is 2. The molecule has 4 aromatic rings. The number of nitro benzene ring substituents is 2. The van der Waals surface area contributed by atoms with Gasteiger partial charge in [-0.25, -0.2) is 0 Å². The number of nitrogens with zero attached hydrogens (tertiary/aromatic N) is 4. The van der Waals surface area contributed by atoms with Gasteiger partial charge in [0, 0.05) is 36.9 Å². The summed E-state index contributed by atoms with van der Waals surface area (Å²) in [5.41, 5.74) is 0.727. The number of hydrogen-bond donors (Lipinski definition) is 0. The number of pyridine rings is 2. The molecule has 0 saturated heterocycles. The van der Waals surface area contributed by atoms with E-state index in [1.165, 1.54) is 35.4 Å². The van der Waals surface area contributed by atoms with Crippen LogP contribution in [0.5, 0.6) is 0 Å². The molecule has 15 heteroatoms. The third-order valence-corrected chi connectivity index (χ3v) is 4.26. The van der Waals surface area contributed by atoms with Crippen LogP contribution in [0.4, 0.5) is 11.4 Å². The number of rotatable bonds is 4. The molecule has 2 aromatic heterocycles. The molecule has 0 fully saturated rings. The van der Waals surface area contributed by atoms with Gasteiger partial charge < -0.3 is 30.8 Å². The number of hydrogen-bond acceptors (Lipinski definition) is 10. The van der Waals surface area contributed by atoms with Crippen LogP contribution in [0.3, 0.4) is 0 Å². The Labute approximate surface area is 244 Å². The molecule has 41 heavy (non-hydrogen) atoms. The summed E-state index contributed by atoms with van der Waals surface area (Å²) in [4.78, 5) is 47.4. The molecular weight excluding hydrogens is 592 g/mol. The van der Waals surface area contributed by atoms with E-state index >= 15 is 0 Å². The molecule has 0 atom stereocenters. The first-order chi connectivity index (χ1) is 18.0. The van der Waals surface area contributed by atoms with Crippen LogP contribution < -0.4 is 10.2 Å². The van der Waals surface area contributed by atoms with Crippen LogP contribution in [-0.4, -0.2) is 42.7 Å². The van der Waals surface area contributed by atoms with E-state index in [2.05, 4.69) is 9.97 Å². The molecule has 0 saturated carbocycles. The Hall–Kier alpha value is -5.08. The van der Waals surface area contributed by atoms with Crippen LogP contribution in [-0.2, 0) is 17.1 Å². The van der Waals surface area contributed by atoms with Crippen molar-refractivity contribution in [1.82, 2.24) is 9.97 Å². The van der Waals surface area contributed by atoms with Gasteiger partial charge >= 0.3 is 17.1 Å². The molecule has 0 bridgehead atoms. The number of carboxylic acids is 2. The van der Waals surface area contributed by atoms with Gasteiger partial charge in [-0.15, -0.1) is 0 Å². The molecule has 0 aliphatic rings. The van der Waals surface area contributed by atoms with Gasteiger partial charge in [-0.05, 0) is 49.2 Å². The fraction of sp³-hybridized carbons (Fsp3) is 0.0769. The summed E-state index contributed by atoms with van der Waals surface area (Å²) in [5.74, 6) is -3.08. The van der Waals surface area contributed by atoms with Gasteiger partial charge in [0.1, 0.15) is 0 Å². The molecule has 1 radical (unpaired) electrons. The maximum atomic E-state index is 10.3. The van der Waals surface area contributed by atoms with E-state index in [0.717, 1.165) is 24.3 Å². The molecule has 0 amide bonds. The van der Waals surface area contributed by atoms with Crippen molar-refractivity contribution in [2.45, 2.75) is 13.8 Å². The first kappa shape index (κ1) is 40.4. The average Bonchev–Trinajstić information content (AvgIpc) is 2.90. The minimum Gasteiger partial charge on any atom is -0.545 e. The third kappa shape index (κ3) is 15.8. The van der Waals surface area contributed by atoms with Crippen LogP contribution in [0.2, 0.25) is 0 Å². The zero-order valence-corrected chi connectivity index (χ0v) is 22.5. The van der Waals surface area contributed by atoms with E-state index < -0.39 is 44.3 Å². The monoisotopic (exact) mass is 617 g/mol. The number of nitro groups is 2. The van der Waals surface area contributed by atoms with Gasteiger partial charge in [-0.3, -0.25) is 30.2 Å².